The van der Waals surface area contributed by atoms with Crippen LogP contribution in [-0.2, 0) is 11.3 Å². The first-order valence-electron chi connectivity index (χ1n) is 9.76. The number of carbonyl (C=O) groups is 1. The van der Waals surface area contributed by atoms with Crippen molar-refractivity contribution < 1.29 is 14.3 Å². The average molecular weight is 392 g/mol. The van der Waals surface area contributed by atoms with Gasteiger partial charge in [-0.2, -0.15) is 9.67 Å². The minimum absolute atomic E-state index is 0.188. The van der Waals surface area contributed by atoms with E-state index in [4.69, 9.17) is 9.47 Å². The summed E-state index contributed by atoms with van der Waals surface area (Å²) in [4.78, 5) is 17.9. The van der Waals surface area contributed by atoms with Crippen LogP contribution in [0.3, 0.4) is 0 Å². The maximum absolute atomic E-state index is 13.3. The van der Waals surface area contributed by atoms with Crippen molar-refractivity contribution in [1.82, 2.24) is 14.8 Å². The number of aromatic nitrogens is 3. The molecule has 1 aliphatic heterocycles. The molecule has 0 bridgehead atoms. The summed E-state index contributed by atoms with van der Waals surface area (Å²) in [6.07, 6.45) is 1.70. The molecule has 1 aromatic heterocycles. The first-order chi connectivity index (χ1) is 14.3. The summed E-state index contributed by atoms with van der Waals surface area (Å²) in [6.45, 7) is 1.92. The fourth-order valence-electron chi connectivity index (χ4n) is 3.43. The molecule has 150 valence electrons. The topological polar surface area (TPSA) is 78.3 Å². The number of hydrogen-bond donors (Lipinski definition) is 1. The highest BCUT2D eigenvalue weighted by Crippen LogP contribution is 2.27. The summed E-state index contributed by atoms with van der Waals surface area (Å²) < 4.78 is 12.2. The Morgan fingerprint density at radius 2 is 1.86 bits per heavy atom. The van der Waals surface area contributed by atoms with Gasteiger partial charge in [-0.1, -0.05) is 42.5 Å². The fourth-order valence-corrected chi connectivity index (χ4v) is 3.43. The molecule has 2 aromatic carbocycles. The number of hydrogen-bond acceptors (Lipinski definition) is 6. The Morgan fingerprint density at radius 3 is 2.62 bits per heavy atom. The Balaban J connectivity index is 1.66. The van der Waals surface area contributed by atoms with Crippen molar-refractivity contribution in [3.8, 4) is 5.75 Å². The standard InChI is InChI=1S/C22H24N4O3/c1-28-19-10-6-5-9-18(19)21(27)26-22(23-15-16-7-3-2-4-8-16)24-20(25-26)17-11-13-29-14-12-17/h2-10,17H,11-15H2,1H3,(H,23,24,25). The van der Waals surface area contributed by atoms with Crippen LogP contribution >= 0.6 is 0 Å². The average Bonchev–Trinajstić information content (AvgIpc) is 3.23. The molecule has 0 unspecified atom stereocenters. The lowest BCUT2D eigenvalue weighted by molar-refractivity contribution is 0.0833. The molecule has 0 radical (unpaired) electrons. The van der Waals surface area contributed by atoms with E-state index in [0.717, 1.165) is 18.4 Å². The summed E-state index contributed by atoms with van der Waals surface area (Å²) in [5, 5.41) is 7.85. The molecule has 3 aromatic rings. The van der Waals surface area contributed by atoms with E-state index in [1.54, 1.807) is 19.2 Å². The lowest BCUT2D eigenvalue weighted by Gasteiger charge is -2.18. The minimum Gasteiger partial charge on any atom is -0.496 e. The van der Waals surface area contributed by atoms with Gasteiger partial charge in [-0.3, -0.25) is 4.79 Å². The molecule has 0 amide bonds. The van der Waals surface area contributed by atoms with Crippen LogP contribution in [0.5, 0.6) is 5.75 Å². The Labute approximate surface area is 169 Å². The highest BCUT2D eigenvalue weighted by molar-refractivity contribution is 5.99. The number of para-hydroxylation sites is 1. The highest BCUT2D eigenvalue weighted by Gasteiger charge is 2.25. The maximum Gasteiger partial charge on any atom is 0.285 e. The van der Waals surface area contributed by atoms with Crippen LogP contribution in [0.25, 0.3) is 0 Å². The van der Waals surface area contributed by atoms with Crippen molar-refractivity contribution >= 4 is 11.9 Å². The summed E-state index contributed by atoms with van der Waals surface area (Å²) in [7, 11) is 1.55. The largest absolute Gasteiger partial charge is 0.496 e. The number of nitrogens with zero attached hydrogens (tertiary/aromatic N) is 3. The predicted molar refractivity (Wildman–Crippen MR) is 109 cm³/mol. The molecule has 0 aliphatic carbocycles. The molecule has 4 rings (SSSR count). The lowest BCUT2D eigenvalue weighted by Crippen LogP contribution is -2.19. The molecule has 7 heteroatoms. The third kappa shape index (κ3) is 4.30. The number of rotatable bonds is 6. The van der Waals surface area contributed by atoms with Crippen molar-refractivity contribution in [2.45, 2.75) is 25.3 Å². The van der Waals surface area contributed by atoms with Crippen LogP contribution in [-0.4, -0.2) is 41.0 Å². The van der Waals surface area contributed by atoms with Gasteiger partial charge in [-0.05, 0) is 30.5 Å². The zero-order valence-corrected chi connectivity index (χ0v) is 16.4. The van der Waals surface area contributed by atoms with Gasteiger partial charge >= 0.3 is 0 Å². The molecule has 2 heterocycles. The van der Waals surface area contributed by atoms with Crippen LogP contribution in [0.1, 0.15) is 40.5 Å². The Morgan fingerprint density at radius 1 is 1.14 bits per heavy atom. The summed E-state index contributed by atoms with van der Waals surface area (Å²) >= 11 is 0. The zero-order valence-electron chi connectivity index (χ0n) is 16.4. The molecule has 0 spiro atoms. The van der Waals surface area contributed by atoms with Gasteiger partial charge < -0.3 is 14.8 Å². The lowest BCUT2D eigenvalue weighted by atomic mass is 10.00. The Kier molecular flexibility index (Phi) is 5.86. The maximum atomic E-state index is 13.3. The van der Waals surface area contributed by atoms with Gasteiger partial charge in [0.25, 0.3) is 5.91 Å². The van der Waals surface area contributed by atoms with Crippen LogP contribution in [0.4, 0.5) is 5.95 Å². The molecule has 1 saturated heterocycles. The molecular formula is C22H24N4O3. The van der Waals surface area contributed by atoms with Crippen molar-refractivity contribution in [3.05, 3.63) is 71.5 Å². The van der Waals surface area contributed by atoms with Gasteiger partial charge in [0.2, 0.25) is 5.95 Å². The second kappa shape index (κ2) is 8.87. The van der Waals surface area contributed by atoms with Crippen molar-refractivity contribution in [2.24, 2.45) is 0 Å². The summed E-state index contributed by atoms with van der Waals surface area (Å²) in [5.74, 6) is 1.53. The quantitative estimate of drug-likeness (QED) is 0.692. The normalized spacial score (nSPS) is 14.5. The Hall–Kier alpha value is -3.19. The van der Waals surface area contributed by atoms with Crippen LogP contribution in [0.2, 0.25) is 0 Å². The molecule has 0 saturated carbocycles. The van der Waals surface area contributed by atoms with Crippen LogP contribution < -0.4 is 10.1 Å². The highest BCUT2D eigenvalue weighted by atomic mass is 16.5. The van der Waals surface area contributed by atoms with E-state index in [-0.39, 0.29) is 11.8 Å². The van der Waals surface area contributed by atoms with Crippen LogP contribution in [0, 0.1) is 0 Å². The minimum atomic E-state index is -0.274. The Bertz CT molecular complexity index is 965. The number of ether oxygens (including phenoxy) is 2. The van der Waals surface area contributed by atoms with E-state index in [9.17, 15) is 4.79 Å². The monoisotopic (exact) mass is 392 g/mol. The van der Waals surface area contributed by atoms with E-state index in [0.29, 0.717) is 42.8 Å². The van der Waals surface area contributed by atoms with E-state index in [1.165, 1.54) is 4.68 Å². The molecule has 1 aliphatic rings. The van der Waals surface area contributed by atoms with Crippen molar-refractivity contribution in [3.63, 3.8) is 0 Å². The molecule has 0 atom stereocenters. The molecular weight excluding hydrogens is 368 g/mol. The SMILES string of the molecule is COc1ccccc1C(=O)n1nc(C2CCOCC2)nc1NCc1ccccc1. The van der Waals surface area contributed by atoms with E-state index >= 15 is 0 Å². The summed E-state index contributed by atoms with van der Waals surface area (Å²) in [6, 6.07) is 17.1. The number of nitrogens with one attached hydrogen (secondary N) is 1. The molecule has 7 nitrogen and oxygen atoms in total. The van der Waals surface area contributed by atoms with Gasteiger partial charge in [0.1, 0.15) is 5.75 Å². The van der Waals surface area contributed by atoms with Gasteiger partial charge in [0.05, 0.1) is 12.7 Å². The first kappa shape index (κ1) is 19.1. The third-order valence-corrected chi connectivity index (χ3v) is 5.03. The van der Waals surface area contributed by atoms with Gasteiger partial charge in [0.15, 0.2) is 5.82 Å². The number of anilines is 1. The smallest absolute Gasteiger partial charge is 0.285 e. The van der Waals surface area contributed by atoms with Gasteiger partial charge in [-0.25, -0.2) is 0 Å². The van der Waals surface area contributed by atoms with E-state index < -0.39 is 0 Å². The second-order valence-corrected chi connectivity index (χ2v) is 6.94. The first-order valence-corrected chi connectivity index (χ1v) is 9.76. The van der Waals surface area contributed by atoms with Crippen LogP contribution in [0.15, 0.2) is 54.6 Å². The predicted octanol–water partition coefficient (Wildman–Crippen LogP) is 3.48. The number of carbonyl (C=O) groups excluding carboxylic acids is 1. The van der Waals surface area contributed by atoms with E-state index in [2.05, 4.69) is 15.4 Å². The van der Waals surface area contributed by atoms with Gasteiger partial charge in [0, 0.05) is 25.7 Å². The molecule has 1 N–H and O–H groups in total. The van der Waals surface area contributed by atoms with Crippen molar-refractivity contribution in [2.75, 3.05) is 25.6 Å². The molecule has 1 fully saturated rings. The fraction of sp³-hybridized carbons (Fsp3) is 0.318. The summed E-state index contributed by atoms with van der Waals surface area (Å²) in [5.41, 5.74) is 1.54. The van der Waals surface area contributed by atoms with E-state index in [1.807, 2.05) is 42.5 Å². The number of methoxy groups -OCH3 is 1. The second-order valence-electron chi connectivity index (χ2n) is 6.94. The number of benzene rings is 2. The third-order valence-electron chi connectivity index (χ3n) is 5.03. The van der Waals surface area contributed by atoms with Crippen molar-refractivity contribution in [1.29, 1.82) is 0 Å². The molecule has 29 heavy (non-hydrogen) atoms. The van der Waals surface area contributed by atoms with Gasteiger partial charge in [-0.15, -0.1) is 5.10 Å². The zero-order chi connectivity index (χ0) is 20.1.